The van der Waals surface area contributed by atoms with Gasteiger partial charge in [0.25, 0.3) is 11.8 Å². The molecule has 0 saturated heterocycles. The number of hydrogen-bond acceptors (Lipinski definition) is 6. The number of hydrogen-bond donors (Lipinski definition) is 1. The standard InChI is InChI=1S/C25H21FN2O5/c1-31-19-7-5-4-6-18(19)22-23(27-16-10-13-20(32-2)21(14-16)33-3)25(30)28(24(22)29)17-11-8-15(26)9-12-17/h4-14,27H,1-3H3. The minimum Gasteiger partial charge on any atom is -0.496 e. The number of nitrogens with one attached hydrogen (secondary N) is 1. The summed E-state index contributed by atoms with van der Waals surface area (Å²) in [5, 5.41) is 3.06. The van der Waals surface area contributed by atoms with Gasteiger partial charge in [-0.15, -0.1) is 0 Å². The van der Waals surface area contributed by atoms with Crippen LogP contribution in [0.5, 0.6) is 17.2 Å². The van der Waals surface area contributed by atoms with Crippen LogP contribution < -0.4 is 24.4 Å². The molecule has 0 unspecified atom stereocenters. The molecule has 0 bridgehead atoms. The molecule has 0 radical (unpaired) electrons. The van der Waals surface area contributed by atoms with Gasteiger partial charge in [-0.2, -0.15) is 0 Å². The van der Waals surface area contributed by atoms with Crippen LogP contribution in [0.3, 0.4) is 0 Å². The Bertz CT molecular complexity index is 1250. The summed E-state index contributed by atoms with van der Waals surface area (Å²) in [4.78, 5) is 28.0. The molecule has 3 aromatic carbocycles. The fourth-order valence-electron chi connectivity index (χ4n) is 3.63. The predicted octanol–water partition coefficient (Wildman–Crippen LogP) is 4.25. The van der Waals surface area contributed by atoms with Crippen LogP contribution in [-0.4, -0.2) is 33.1 Å². The van der Waals surface area contributed by atoms with Crippen LogP contribution in [0.25, 0.3) is 5.57 Å². The highest BCUT2D eigenvalue weighted by atomic mass is 19.1. The lowest BCUT2D eigenvalue weighted by Crippen LogP contribution is -2.32. The van der Waals surface area contributed by atoms with Crippen molar-refractivity contribution in [3.63, 3.8) is 0 Å². The lowest BCUT2D eigenvalue weighted by molar-refractivity contribution is -0.120. The summed E-state index contributed by atoms with van der Waals surface area (Å²) >= 11 is 0. The Morgan fingerprint density at radius 3 is 2.09 bits per heavy atom. The van der Waals surface area contributed by atoms with Crippen molar-refractivity contribution < 1.29 is 28.2 Å². The van der Waals surface area contributed by atoms with Crippen LogP contribution in [0.1, 0.15) is 5.56 Å². The van der Waals surface area contributed by atoms with Gasteiger partial charge in [0.15, 0.2) is 11.5 Å². The number of amides is 2. The summed E-state index contributed by atoms with van der Waals surface area (Å²) in [6.45, 7) is 0. The van der Waals surface area contributed by atoms with Crippen LogP contribution >= 0.6 is 0 Å². The average molecular weight is 448 g/mol. The number of imide groups is 1. The molecule has 3 aromatic rings. The Morgan fingerprint density at radius 2 is 1.42 bits per heavy atom. The lowest BCUT2D eigenvalue weighted by atomic mass is 10.0. The van der Waals surface area contributed by atoms with Crippen molar-refractivity contribution in [2.75, 3.05) is 31.5 Å². The number of rotatable bonds is 7. The Balaban J connectivity index is 1.84. The van der Waals surface area contributed by atoms with Gasteiger partial charge < -0.3 is 19.5 Å². The molecular formula is C25H21FN2O5. The fourth-order valence-corrected chi connectivity index (χ4v) is 3.63. The first kappa shape index (κ1) is 21.9. The van der Waals surface area contributed by atoms with Gasteiger partial charge in [0.05, 0.1) is 32.6 Å². The van der Waals surface area contributed by atoms with Gasteiger partial charge in [-0.25, -0.2) is 9.29 Å². The highest BCUT2D eigenvalue weighted by molar-refractivity contribution is 6.46. The zero-order valence-electron chi connectivity index (χ0n) is 18.2. The molecule has 0 atom stereocenters. The van der Waals surface area contributed by atoms with Gasteiger partial charge in [0, 0.05) is 17.3 Å². The lowest BCUT2D eigenvalue weighted by Gasteiger charge is -2.16. The SMILES string of the molecule is COc1ccc(NC2=C(c3ccccc3OC)C(=O)N(c3ccc(F)cc3)C2=O)cc1OC. The fraction of sp³-hybridized carbons (Fsp3) is 0.120. The highest BCUT2D eigenvalue weighted by Gasteiger charge is 2.41. The number of carbonyl (C=O) groups is 2. The van der Waals surface area contributed by atoms with E-state index in [4.69, 9.17) is 14.2 Å². The summed E-state index contributed by atoms with van der Waals surface area (Å²) in [6.07, 6.45) is 0. The molecule has 4 rings (SSSR count). The molecule has 1 aliphatic rings. The van der Waals surface area contributed by atoms with Gasteiger partial charge >= 0.3 is 0 Å². The monoisotopic (exact) mass is 448 g/mol. The van der Waals surface area contributed by atoms with Gasteiger partial charge in [0.2, 0.25) is 0 Å². The average Bonchev–Trinajstić information content (AvgIpc) is 3.08. The normalized spacial score (nSPS) is 13.4. The Hall–Kier alpha value is -4.33. The molecular weight excluding hydrogens is 427 g/mol. The number of para-hydroxylation sites is 1. The van der Waals surface area contributed by atoms with E-state index in [1.165, 1.54) is 45.6 Å². The molecule has 2 amide bonds. The van der Waals surface area contributed by atoms with Crippen LogP contribution in [-0.2, 0) is 9.59 Å². The van der Waals surface area contributed by atoms with Crippen molar-refractivity contribution in [3.05, 3.63) is 83.8 Å². The zero-order valence-corrected chi connectivity index (χ0v) is 18.2. The van der Waals surface area contributed by atoms with Crippen molar-refractivity contribution in [2.24, 2.45) is 0 Å². The molecule has 0 aliphatic carbocycles. The smallest absolute Gasteiger partial charge is 0.282 e. The van der Waals surface area contributed by atoms with Crippen molar-refractivity contribution in [3.8, 4) is 17.2 Å². The molecule has 0 fully saturated rings. The predicted molar refractivity (Wildman–Crippen MR) is 122 cm³/mol. The van der Waals surface area contributed by atoms with E-state index in [0.717, 1.165) is 4.90 Å². The van der Waals surface area contributed by atoms with Crippen molar-refractivity contribution in [1.29, 1.82) is 0 Å². The molecule has 0 aromatic heterocycles. The second-order valence-electron chi connectivity index (χ2n) is 7.07. The third-order valence-corrected chi connectivity index (χ3v) is 5.20. The van der Waals surface area contributed by atoms with E-state index in [1.807, 2.05) is 0 Å². The van der Waals surface area contributed by atoms with Crippen molar-refractivity contribution >= 4 is 28.8 Å². The van der Waals surface area contributed by atoms with E-state index in [2.05, 4.69) is 5.32 Å². The van der Waals surface area contributed by atoms with E-state index in [-0.39, 0.29) is 17.0 Å². The Morgan fingerprint density at radius 1 is 0.758 bits per heavy atom. The summed E-state index contributed by atoms with van der Waals surface area (Å²) in [5.41, 5.74) is 1.41. The molecule has 0 spiro atoms. The first-order valence-electron chi connectivity index (χ1n) is 9.99. The quantitative estimate of drug-likeness (QED) is 0.545. The number of nitrogens with zero attached hydrogens (tertiary/aromatic N) is 1. The third-order valence-electron chi connectivity index (χ3n) is 5.20. The van der Waals surface area contributed by atoms with Crippen LogP contribution in [0.4, 0.5) is 15.8 Å². The first-order chi connectivity index (χ1) is 16.0. The van der Waals surface area contributed by atoms with Crippen molar-refractivity contribution in [1.82, 2.24) is 0 Å². The number of methoxy groups -OCH3 is 3. The number of carbonyl (C=O) groups excluding carboxylic acids is 2. The second-order valence-corrected chi connectivity index (χ2v) is 7.07. The topological polar surface area (TPSA) is 77.1 Å². The second kappa shape index (κ2) is 9.04. The molecule has 33 heavy (non-hydrogen) atoms. The van der Waals surface area contributed by atoms with Gasteiger partial charge in [0.1, 0.15) is 17.3 Å². The van der Waals surface area contributed by atoms with E-state index in [9.17, 15) is 14.0 Å². The van der Waals surface area contributed by atoms with Crippen molar-refractivity contribution in [2.45, 2.75) is 0 Å². The van der Waals surface area contributed by atoms with Crippen LogP contribution in [0.2, 0.25) is 0 Å². The number of anilines is 2. The van der Waals surface area contributed by atoms with Crippen LogP contribution in [0.15, 0.2) is 72.4 Å². The number of ether oxygens (including phenoxy) is 3. The van der Waals surface area contributed by atoms with Gasteiger partial charge in [-0.3, -0.25) is 9.59 Å². The molecule has 0 saturated carbocycles. The van der Waals surface area contributed by atoms with E-state index < -0.39 is 17.6 Å². The minimum atomic E-state index is -0.581. The third kappa shape index (κ3) is 3.98. The van der Waals surface area contributed by atoms with Gasteiger partial charge in [-0.1, -0.05) is 18.2 Å². The zero-order chi connectivity index (χ0) is 23.5. The number of benzene rings is 3. The molecule has 1 N–H and O–H groups in total. The minimum absolute atomic E-state index is 0.0565. The van der Waals surface area contributed by atoms with E-state index in [0.29, 0.717) is 28.5 Å². The Labute approximate surface area is 190 Å². The highest BCUT2D eigenvalue weighted by Crippen LogP contribution is 2.38. The molecule has 168 valence electrons. The maximum atomic E-state index is 13.5. The molecule has 1 heterocycles. The number of halogens is 1. The summed E-state index contributed by atoms with van der Waals surface area (Å²) < 4.78 is 29.5. The summed E-state index contributed by atoms with van der Waals surface area (Å²) in [6, 6.07) is 17.1. The maximum absolute atomic E-state index is 13.5. The Kier molecular flexibility index (Phi) is 5.99. The molecule has 7 nitrogen and oxygen atoms in total. The molecule has 1 aliphatic heterocycles. The summed E-state index contributed by atoms with van der Waals surface area (Å²) in [5.74, 6) is -0.208. The molecule has 8 heteroatoms. The van der Waals surface area contributed by atoms with Gasteiger partial charge in [-0.05, 0) is 42.5 Å². The van der Waals surface area contributed by atoms with E-state index >= 15 is 0 Å². The largest absolute Gasteiger partial charge is 0.496 e. The maximum Gasteiger partial charge on any atom is 0.282 e. The summed E-state index contributed by atoms with van der Waals surface area (Å²) in [7, 11) is 4.51. The van der Waals surface area contributed by atoms with E-state index in [1.54, 1.807) is 42.5 Å². The first-order valence-corrected chi connectivity index (χ1v) is 9.99. The van der Waals surface area contributed by atoms with Crippen LogP contribution in [0, 0.1) is 5.82 Å².